The van der Waals surface area contributed by atoms with E-state index in [2.05, 4.69) is 11.6 Å². The number of carbonyl (C=O) groups is 1. The van der Waals surface area contributed by atoms with Gasteiger partial charge in [-0.2, -0.15) is 11.8 Å². The van der Waals surface area contributed by atoms with E-state index in [1.165, 1.54) is 32.1 Å². The van der Waals surface area contributed by atoms with E-state index in [0.717, 1.165) is 19.3 Å². The van der Waals surface area contributed by atoms with Crippen molar-refractivity contribution < 1.29 is 4.79 Å². The van der Waals surface area contributed by atoms with E-state index in [1.54, 1.807) is 0 Å². The van der Waals surface area contributed by atoms with Crippen LogP contribution in [0.3, 0.4) is 0 Å². The molecule has 0 radical (unpaired) electrons. The summed E-state index contributed by atoms with van der Waals surface area (Å²) in [5.74, 6) is 0.172. The second kappa shape index (κ2) is 6.29. The van der Waals surface area contributed by atoms with Crippen molar-refractivity contribution in [3.05, 3.63) is 0 Å². The zero-order valence-electron chi connectivity index (χ0n) is 11.4. The summed E-state index contributed by atoms with van der Waals surface area (Å²) in [5.41, 5.74) is 6.11. The molecule has 0 heterocycles. The van der Waals surface area contributed by atoms with Crippen LogP contribution in [0, 0.1) is 0 Å². The molecule has 0 spiro atoms. The number of amides is 1. The first-order chi connectivity index (χ1) is 8.63. The Morgan fingerprint density at radius 2 is 2.00 bits per heavy atom. The van der Waals surface area contributed by atoms with E-state index in [0.29, 0.717) is 17.7 Å². The van der Waals surface area contributed by atoms with Gasteiger partial charge >= 0.3 is 0 Å². The van der Waals surface area contributed by atoms with Crippen molar-refractivity contribution in [1.82, 2.24) is 5.32 Å². The molecule has 2 fully saturated rings. The van der Waals surface area contributed by atoms with Gasteiger partial charge < -0.3 is 11.1 Å². The first-order valence-corrected chi connectivity index (χ1v) is 8.53. The normalized spacial score (nSPS) is 31.2. The van der Waals surface area contributed by atoms with Crippen LogP contribution in [0.25, 0.3) is 0 Å². The standard InChI is InChI=1S/C14H26N2OS/c1-18-12-7-5-6-11(12)16-13(17)10-14(15)8-3-2-4-9-14/h11-12H,2-10,15H2,1H3,(H,16,17). The lowest BCUT2D eigenvalue weighted by atomic mass is 9.80. The van der Waals surface area contributed by atoms with Crippen molar-refractivity contribution in [2.45, 2.75) is 74.6 Å². The van der Waals surface area contributed by atoms with Crippen LogP contribution in [0.15, 0.2) is 0 Å². The molecule has 0 bridgehead atoms. The minimum Gasteiger partial charge on any atom is -0.352 e. The largest absolute Gasteiger partial charge is 0.352 e. The van der Waals surface area contributed by atoms with Crippen LogP contribution < -0.4 is 11.1 Å². The molecule has 4 heteroatoms. The molecule has 18 heavy (non-hydrogen) atoms. The molecule has 3 N–H and O–H groups in total. The number of hydrogen-bond donors (Lipinski definition) is 2. The Bertz CT molecular complexity index is 290. The molecule has 2 saturated carbocycles. The average Bonchev–Trinajstić information content (AvgIpc) is 2.76. The summed E-state index contributed by atoms with van der Waals surface area (Å²) in [5, 5.41) is 3.82. The van der Waals surface area contributed by atoms with Gasteiger partial charge in [0.05, 0.1) is 0 Å². The van der Waals surface area contributed by atoms with Crippen LogP contribution >= 0.6 is 11.8 Å². The van der Waals surface area contributed by atoms with Crippen LogP contribution in [-0.4, -0.2) is 29.0 Å². The molecule has 0 aromatic rings. The highest BCUT2D eigenvalue weighted by Crippen LogP contribution is 2.30. The van der Waals surface area contributed by atoms with E-state index in [4.69, 9.17) is 5.73 Å². The predicted octanol–water partition coefficient (Wildman–Crippen LogP) is 2.44. The van der Waals surface area contributed by atoms with E-state index in [1.807, 2.05) is 11.8 Å². The van der Waals surface area contributed by atoms with E-state index in [-0.39, 0.29) is 11.4 Å². The highest BCUT2D eigenvalue weighted by atomic mass is 32.2. The van der Waals surface area contributed by atoms with Gasteiger partial charge in [0.2, 0.25) is 5.91 Å². The molecule has 104 valence electrons. The van der Waals surface area contributed by atoms with Gasteiger partial charge in [-0.3, -0.25) is 4.79 Å². The van der Waals surface area contributed by atoms with Crippen molar-refractivity contribution in [3.63, 3.8) is 0 Å². The Balaban J connectivity index is 1.80. The molecule has 1 amide bonds. The summed E-state index contributed by atoms with van der Waals surface area (Å²) >= 11 is 1.88. The molecule has 0 aliphatic heterocycles. The molecule has 2 unspecified atom stereocenters. The third kappa shape index (κ3) is 3.64. The fraction of sp³-hybridized carbons (Fsp3) is 0.929. The monoisotopic (exact) mass is 270 g/mol. The Morgan fingerprint density at radius 3 is 2.67 bits per heavy atom. The molecule has 0 aromatic heterocycles. The number of hydrogen-bond acceptors (Lipinski definition) is 3. The molecule has 3 nitrogen and oxygen atoms in total. The summed E-state index contributed by atoms with van der Waals surface area (Å²) < 4.78 is 0. The molecule has 0 aromatic carbocycles. The Hall–Kier alpha value is -0.220. The zero-order chi connectivity index (χ0) is 13.0. The van der Waals surface area contributed by atoms with Gasteiger partial charge in [0, 0.05) is 23.3 Å². The van der Waals surface area contributed by atoms with Crippen molar-refractivity contribution in [2.75, 3.05) is 6.26 Å². The maximum atomic E-state index is 12.1. The van der Waals surface area contributed by atoms with Crippen LogP contribution in [0.4, 0.5) is 0 Å². The average molecular weight is 270 g/mol. The maximum Gasteiger partial charge on any atom is 0.222 e. The Morgan fingerprint density at radius 1 is 1.28 bits per heavy atom. The second-order valence-electron chi connectivity index (χ2n) is 5.98. The predicted molar refractivity (Wildman–Crippen MR) is 77.7 cm³/mol. The molecule has 2 atom stereocenters. The smallest absolute Gasteiger partial charge is 0.222 e. The first-order valence-electron chi connectivity index (χ1n) is 7.24. The minimum atomic E-state index is -0.226. The van der Waals surface area contributed by atoms with Crippen molar-refractivity contribution >= 4 is 17.7 Å². The number of carbonyl (C=O) groups excluding carboxylic acids is 1. The third-order valence-corrected chi connectivity index (χ3v) is 5.63. The van der Waals surface area contributed by atoms with Crippen molar-refractivity contribution in [1.29, 1.82) is 0 Å². The first kappa shape index (κ1) is 14.2. The van der Waals surface area contributed by atoms with Crippen LogP contribution in [0.5, 0.6) is 0 Å². The maximum absolute atomic E-state index is 12.1. The van der Waals surface area contributed by atoms with Crippen LogP contribution in [0.2, 0.25) is 0 Å². The molecule has 2 aliphatic carbocycles. The molecular formula is C14H26N2OS. The number of thioether (sulfide) groups is 1. The van der Waals surface area contributed by atoms with Gasteiger partial charge in [-0.1, -0.05) is 25.7 Å². The third-order valence-electron chi connectivity index (χ3n) is 4.46. The number of nitrogens with one attached hydrogen (secondary N) is 1. The lowest BCUT2D eigenvalue weighted by Crippen LogP contribution is -2.48. The fourth-order valence-electron chi connectivity index (χ4n) is 3.38. The molecule has 0 saturated heterocycles. The number of nitrogens with two attached hydrogens (primary N) is 1. The summed E-state index contributed by atoms with van der Waals surface area (Å²) in [6, 6.07) is 0.375. The van der Waals surface area contributed by atoms with Crippen LogP contribution in [-0.2, 0) is 4.79 Å². The van der Waals surface area contributed by atoms with Crippen molar-refractivity contribution in [2.24, 2.45) is 5.73 Å². The summed E-state index contributed by atoms with van der Waals surface area (Å²) in [6.45, 7) is 0. The van der Waals surface area contributed by atoms with E-state index >= 15 is 0 Å². The van der Waals surface area contributed by atoms with Crippen LogP contribution in [0.1, 0.15) is 57.8 Å². The summed E-state index contributed by atoms with van der Waals surface area (Å²) in [4.78, 5) is 12.1. The topological polar surface area (TPSA) is 55.1 Å². The van der Waals surface area contributed by atoms with Crippen molar-refractivity contribution in [3.8, 4) is 0 Å². The minimum absolute atomic E-state index is 0.172. The van der Waals surface area contributed by atoms with Gasteiger partial charge in [-0.25, -0.2) is 0 Å². The Kier molecular flexibility index (Phi) is 4.96. The molecular weight excluding hydrogens is 244 g/mol. The van der Waals surface area contributed by atoms with E-state index < -0.39 is 0 Å². The zero-order valence-corrected chi connectivity index (χ0v) is 12.2. The lowest BCUT2D eigenvalue weighted by Gasteiger charge is -2.33. The second-order valence-corrected chi connectivity index (χ2v) is 7.06. The number of rotatable bonds is 4. The highest BCUT2D eigenvalue weighted by Gasteiger charge is 2.33. The van der Waals surface area contributed by atoms with Gasteiger partial charge in [0.15, 0.2) is 0 Å². The van der Waals surface area contributed by atoms with Gasteiger partial charge in [-0.05, 0) is 31.9 Å². The summed E-state index contributed by atoms with van der Waals surface area (Å²) in [6.07, 6.45) is 11.9. The van der Waals surface area contributed by atoms with Gasteiger partial charge in [0.25, 0.3) is 0 Å². The van der Waals surface area contributed by atoms with E-state index in [9.17, 15) is 4.79 Å². The summed E-state index contributed by atoms with van der Waals surface area (Å²) in [7, 11) is 0. The quantitative estimate of drug-likeness (QED) is 0.825. The molecule has 2 aliphatic rings. The Labute approximate surface area is 115 Å². The molecule has 2 rings (SSSR count). The fourth-order valence-corrected chi connectivity index (χ4v) is 4.32. The SMILES string of the molecule is CSC1CCCC1NC(=O)CC1(N)CCCCC1. The highest BCUT2D eigenvalue weighted by molar-refractivity contribution is 7.99. The lowest BCUT2D eigenvalue weighted by molar-refractivity contribution is -0.123. The van der Waals surface area contributed by atoms with Gasteiger partial charge in [0.1, 0.15) is 0 Å². The van der Waals surface area contributed by atoms with Gasteiger partial charge in [-0.15, -0.1) is 0 Å².